The molecule has 2 N–H and O–H groups in total. The normalized spacial score (nSPS) is 10.8. The minimum atomic E-state index is 0.255. The van der Waals surface area contributed by atoms with E-state index in [1.54, 1.807) is 0 Å². The summed E-state index contributed by atoms with van der Waals surface area (Å²) < 4.78 is 5.78. The van der Waals surface area contributed by atoms with Crippen LogP contribution in [0.1, 0.15) is 44.4 Å². The molecule has 0 spiro atoms. The first-order valence-electron chi connectivity index (χ1n) is 6.90. The Hall–Kier alpha value is -2.11. The molecule has 0 bridgehead atoms. The zero-order valence-corrected chi connectivity index (χ0v) is 12.4. The number of nitrogens with zero attached hydrogens (tertiary/aromatic N) is 3. The second-order valence-corrected chi connectivity index (χ2v) is 5.01. The minimum Gasteiger partial charge on any atom is -0.419 e. The van der Waals surface area contributed by atoms with Crippen molar-refractivity contribution in [3.05, 3.63) is 23.7 Å². The molecule has 2 aromatic heterocycles. The van der Waals surface area contributed by atoms with Gasteiger partial charge in [0, 0.05) is 18.3 Å². The highest BCUT2D eigenvalue weighted by atomic mass is 16.5. The van der Waals surface area contributed by atoms with Crippen molar-refractivity contribution < 1.29 is 4.74 Å². The molecular weight excluding hydrogens is 254 g/mol. The lowest BCUT2D eigenvalue weighted by atomic mass is 10.1. The van der Waals surface area contributed by atoms with Crippen LogP contribution in [-0.2, 0) is 0 Å². The number of ether oxygens (including phenoxy) is 1. The average Bonchev–Trinajstić information content (AvgIpc) is 2.81. The Bertz CT molecular complexity index is 564. The van der Waals surface area contributed by atoms with Gasteiger partial charge in [0.05, 0.1) is 5.56 Å². The molecule has 2 heterocycles. The van der Waals surface area contributed by atoms with Gasteiger partial charge in [0.2, 0.25) is 11.8 Å². The maximum absolute atomic E-state index is 5.78. The largest absolute Gasteiger partial charge is 0.419 e. The lowest BCUT2D eigenvalue weighted by Crippen LogP contribution is -2.08. The van der Waals surface area contributed by atoms with Gasteiger partial charge in [0.15, 0.2) is 0 Å². The third-order valence-corrected chi connectivity index (χ3v) is 2.85. The summed E-state index contributed by atoms with van der Waals surface area (Å²) in [5.74, 6) is 2.16. The van der Waals surface area contributed by atoms with Crippen LogP contribution in [-0.4, -0.2) is 26.7 Å². The van der Waals surface area contributed by atoms with E-state index in [0.717, 1.165) is 30.0 Å². The van der Waals surface area contributed by atoms with E-state index in [9.17, 15) is 0 Å². The lowest BCUT2D eigenvalue weighted by Gasteiger charge is -2.15. The second-order valence-electron chi connectivity index (χ2n) is 5.01. The Morgan fingerprint density at radius 3 is 2.75 bits per heavy atom. The lowest BCUT2D eigenvalue weighted by molar-refractivity contribution is 0.433. The minimum absolute atomic E-state index is 0.255. The van der Waals surface area contributed by atoms with Crippen LogP contribution >= 0.6 is 0 Å². The van der Waals surface area contributed by atoms with E-state index in [0.29, 0.717) is 11.8 Å². The first-order valence-corrected chi connectivity index (χ1v) is 6.90. The van der Waals surface area contributed by atoms with Crippen molar-refractivity contribution in [1.29, 1.82) is 0 Å². The molecule has 108 valence electrons. The van der Waals surface area contributed by atoms with E-state index in [2.05, 4.69) is 46.3 Å². The fraction of sp³-hybridized carbons (Fsp3) is 0.500. The van der Waals surface area contributed by atoms with Crippen LogP contribution in [0.25, 0.3) is 0 Å². The molecule has 6 nitrogen and oxygen atoms in total. The smallest absolute Gasteiger partial charge is 0.240 e. The Balaban J connectivity index is 2.31. The molecule has 0 aliphatic heterocycles. The van der Waals surface area contributed by atoms with E-state index in [4.69, 9.17) is 4.74 Å². The number of rotatable bonds is 6. The molecule has 6 heteroatoms. The molecule has 2 aromatic rings. The molecule has 0 atom stereocenters. The van der Waals surface area contributed by atoms with Gasteiger partial charge >= 0.3 is 0 Å². The van der Waals surface area contributed by atoms with Gasteiger partial charge in [0.25, 0.3) is 0 Å². The summed E-state index contributed by atoms with van der Waals surface area (Å²) in [4.78, 5) is 8.56. The van der Waals surface area contributed by atoms with Crippen LogP contribution in [0.5, 0.6) is 11.8 Å². The number of hydrogen-bond acceptors (Lipinski definition) is 5. The van der Waals surface area contributed by atoms with Gasteiger partial charge in [-0.2, -0.15) is 0 Å². The van der Waals surface area contributed by atoms with E-state index in [1.165, 1.54) is 6.33 Å². The van der Waals surface area contributed by atoms with Crippen molar-refractivity contribution in [3.63, 3.8) is 0 Å². The highest BCUT2D eigenvalue weighted by molar-refractivity contribution is 5.51. The quantitative estimate of drug-likeness (QED) is 0.846. The van der Waals surface area contributed by atoms with Crippen LogP contribution in [0.15, 0.2) is 12.4 Å². The van der Waals surface area contributed by atoms with Gasteiger partial charge in [-0.3, -0.25) is 5.10 Å². The number of hydrogen-bond donors (Lipinski definition) is 2. The highest BCUT2D eigenvalue weighted by Crippen LogP contribution is 2.32. The maximum Gasteiger partial charge on any atom is 0.240 e. The number of aromatic nitrogens is 4. The topological polar surface area (TPSA) is 75.7 Å². The van der Waals surface area contributed by atoms with Crippen LogP contribution in [0.2, 0.25) is 0 Å². The third kappa shape index (κ3) is 3.26. The molecule has 0 saturated heterocycles. The van der Waals surface area contributed by atoms with Gasteiger partial charge in [-0.05, 0) is 19.3 Å². The van der Waals surface area contributed by atoms with Crippen LogP contribution < -0.4 is 10.1 Å². The first-order chi connectivity index (χ1) is 9.61. The molecule has 0 unspecified atom stereocenters. The summed E-state index contributed by atoms with van der Waals surface area (Å²) in [6, 6.07) is 1.84. The van der Waals surface area contributed by atoms with Crippen molar-refractivity contribution in [2.75, 3.05) is 11.9 Å². The summed E-state index contributed by atoms with van der Waals surface area (Å²) in [6.45, 7) is 9.11. The van der Waals surface area contributed by atoms with Crippen LogP contribution in [0, 0.1) is 6.92 Å². The van der Waals surface area contributed by atoms with Crippen molar-refractivity contribution in [2.45, 2.75) is 40.0 Å². The fourth-order valence-electron chi connectivity index (χ4n) is 1.91. The molecule has 0 aromatic carbocycles. The summed E-state index contributed by atoms with van der Waals surface area (Å²) in [7, 11) is 0. The van der Waals surface area contributed by atoms with E-state index >= 15 is 0 Å². The Morgan fingerprint density at radius 1 is 1.35 bits per heavy atom. The van der Waals surface area contributed by atoms with Crippen molar-refractivity contribution in [2.24, 2.45) is 0 Å². The summed E-state index contributed by atoms with van der Waals surface area (Å²) in [5.41, 5.74) is 1.92. The van der Waals surface area contributed by atoms with Crippen molar-refractivity contribution in [1.82, 2.24) is 20.2 Å². The number of nitrogens with one attached hydrogen (secondary N) is 2. The molecule has 0 fully saturated rings. The van der Waals surface area contributed by atoms with Gasteiger partial charge in [-0.15, -0.1) is 5.10 Å². The molecule has 0 saturated carbocycles. The average molecular weight is 275 g/mol. The van der Waals surface area contributed by atoms with Crippen LogP contribution in [0.4, 0.5) is 5.82 Å². The number of aryl methyl sites for hydroxylation is 1. The maximum atomic E-state index is 5.78. The predicted octanol–water partition coefficient (Wildman–Crippen LogP) is 3.25. The summed E-state index contributed by atoms with van der Waals surface area (Å²) in [6.07, 6.45) is 2.55. The number of aromatic amines is 1. The summed E-state index contributed by atoms with van der Waals surface area (Å²) >= 11 is 0. The Labute approximate surface area is 119 Å². The van der Waals surface area contributed by atoms with E-state index in [-0.39, 0.29) is 5.92 Å². The molecule has 2 rings (SSSR count). The number of anilines is 1. The first kappa shape index (κ1) is 14.3. The fourth-order valence-corrected chi connectivity index (χ4v) is 1.91. The molecule has 0 radical (unpaired) electrons. The van der Waals surface area contributed by atoms with Crippen LogP contribution in [0.3, 0.4) is 0 Å². The molecule has 0 aliphatic rings. The Kier molecular flexibility index (Phi) is 4.55. The molecular formula is C14H21N5O. The van der Waals surface area contributed by atoms with Gasteiger partial charge in [-0.25, -0.2) is 9.97 Å². The third-order valence-electron chi connectivity index (χ3n) is 2.85. The molecule has 20 heavy (non-hydrogen) atoms. The van der Waals surface area contributed by atoms with Gasteiger partial charge < -0.3 is 10.1 Å². The molecule has 0 amide bonds. The predicted molar refractivity (Wildman–Crippen MR) is 78.3 cm³/mol. The molecule has 0 aliphatic carbocycles. The zero-order chi connectivity index (χ0) is 14.5. The number of H-pyrrole nitrogens is 1. The monoisotopic (exact) mass is 275 g/mol. The van der Waals surface area contributed by atoms with Crippen molar-refractivity contribution >= 4 is 5.82 Å². The van der Waals surface area contributed by atoms with Crippen molar-refractivity contribution in [3.8, 4) is 11.8 Å². The Morgan fingerprint density at radius 2 is 2.15 bits per heavy atom. The highest BCUT2D eigenvalue weighted by Gasteiger charge is 2.17. The van der Waals surface area contributed by atoms with E-state index in [1.807, 2.05) is 13.0 Å². The second kappa shape index (κ2) is 6.36. The van der Waals surface area contributed by atoms with E-state index < -0.39 is 0 Å². The van der Waals surface area contributed by atoms with Gasteiger partial charge in [-0.1, -0.05) is 20.8 Å². The summed E-state index contributed by atoms with van der Waals surface area (Å²) in [5, 5.41) is 10.2. The standard InChI is InChI=1S/C14H21N5O/c1-5-6-15-13-12(9(2)3)14(17-8-16-13)20-11-7-10(4)18-19-11/h7-9H,5-6H2,1-4H3,(H,18,19)(H,15,16,17). The SMILES string of the molecule is CCCNc1ncnc(Oc2cc(C)[nH]n2)c1C(C)C. The van der Waals surface area contributed by atoms with Gasteiger partial charge in [0.1, 0.15) is 12.1 Å². The zero-order valence-electron chi connectivity index (χ0n) is 12.4.